The highest BCUT2D eigenvalue weighted by atomic mass is 79.9. The highest BCUT2D eigenvalue weighted by Crippen LogP contribution is 2.27. The Morgan fingerprint density at radius 3 is 2.67 bits per heavy atom. The highest BCUT2D eigenvalue weighted by molar-refractivity contribution is 9.10. The normalized spacial score (nSPS) is 12.5. The molecule has 1 aromatic heterocycles. The topological polar surface area (TPSA) is 39.1 Å². The van der Waals surface area contributed by atoms with Crippen molar-refractivity contribution in [3.05, 3.63) is 45.2 Å². The highest BCUT2D eigenvalue weighted by Gasteiger charge is 2.16. The van der Waals surface area contributed by atoms with Gasteiger partial charge in [-0.05, 0) is 61.4 Å². The van der Waals surface area contributed by atoms with E-state index in [1.807, 2.05) is 13.1 Å². The third-order valence-electron chi connectivity index (χ3n) is 3.85. The van der Waals surface area contributed by atoms with Crippen molar-refractivity contribution in [3.8, 4) is 5.75 Å². The lowest BCUT2D eigenvalue weighted by molar-refractivity contribution is 0.412. The maximum Gasteiger partial charge on any atom is 0.133 e. The van der Waals surface area contributed by atoms with Crippen molar-refractivity contribution in [2.75, 3.05) is 14.2 Å². The molecule has 2 rings (SSSR count). The van der Waals surface area contributed by atoms with E-state index in [0.29, 0.717) is 6.04 Å². The number of rotatable bonds is 5. The number of halogens is 1. The van der Waals surface area contributed by atoms with Gasteiger partial charge in [0.2, 0.25) is 0 Å². The molecular weight excluding hydrogens is 330 g/mol. The zero-order valence-electron chi connectivity index (χ0n) is 13.2. The van der Waals surface area contributed by atoms with Crippen LogP contribution in [0.3, 0.4) is 0 Å². The molecule has 1 aromatic carbocycles. The van der Waals surface area contributed by atoms with E-state index in [-0.39, 0.29) is 0 Å². The summed E-state index contributed by atoms with van der Waals surface area (Å²) in [4.78, 5) is 0. The van der Waals surface area contributed by atoms with Crippen LogP contribution in [0.25, 0.3) is 0 Å². The fourth-order valence-corrected chi connectivity index (χ4v) is 3.20. The Kier molecular flexibility index (Phi) is 5.06. The van der Waals surface area contributed by atoms with E-state index in [1.54, 1.807) is 7.11 Å². The van der Waals surface area contributed by atoms with Crippen LogP contribution in [0.1, 0.15) is 35.5 Å². The lowest BCUT2D eigenvalue weighted by atomic mass is 10.1. The predicted molar refractivity (Wildman–Crippen MR) is 89.0 cm³/mol. The van der Waals surface area contributed by atoms with Gasteiger partial charge >= 0.3 is 0 Å². The molecule has 1 unspecified atom stereocenters. The van der Waals surface area contributed by atoms with E-state index in [0.717, 1.165) is 22.5 Å². The summed E-state index contributed by atoms with van der Waals surface area (Å²) in [7, 11) is 3.65. The average Bonchev–Trinajstić information content (AvgIpc) is 2.73. The van der Waals surface area contributed by atoms with Crippen molar-refractivity contribution in [2.45, 2.75) is 33.4 Å². The van der Waals surface area contributed by atoms with Crippen LogP contribution in [0.15, 0.2) is 22.7 Å². The summed E-state index contributed by atoms with van der Waals surface area (Å²) in [6.07, 6.45) is 0. The van der Waals surface area contributed by atoms with Gasteiger partial charge in [-0.1, -0.05) is 6.07 Å². The number of nitrogens with one attached hydrogen (secondary N) is 1. The Hall–Kier alpha value is -1.33. The van der Waals surface area contributed by atoms with Crippen LogP contribution in [0.4, 0.5) is 0 Å². The van der Waals surface area contributed by atoms with Gasteiger partial charge in [0.25, 0.3) is 0 Å². The van der Waals surface area contributed by atoms with Crippen molar-refractivity contribution in [2.24, 2.45) is 0 Å². The molecule has 0 aliphatic rings. The maximum atomic E-state index is 5.27. The van der Waals surface area contributed by atoms with E-state index < -0.39 is 0 Å². The SMILES string of the molecule is CNC(C)c1c(C)nn(Cc2ccc(OC)c(Br)c2)c1C. The standard InChI is InChI=1S/C16H22BrN3O/c1-10(18-4)16-11(2)19-20(12(16)3)9-13-6-7-15(21-5)14(17)8-13/h6-8,10,18H,9H2,1-5H3. The molecule has 0 radical (unpaired) electrons. The summed E-state index contributed by atoms with van der Waals surface area (Å²) in [5, 5.41) is 7.96. The van der Waals surface area contributed by atoms with Crippen LogP contribution in [0, 0.1) is 13.8 Å². The molecule has 21 heavy (non-hydrogen) atoms. The van der Waals surface area contributed by atoms with Crippen LogP contribution < -0.4 is 10.1 Å². The average molecular weight is 352 g/mol. The third kappa shape index (κ3) is 3.30. The van der Waals surface area contributed by atoms with Crippen LogP contribution in [0.5, 0.6) is 5.75 Å². The van der Waals surface area contributed by atoms with E-state index in [1.165, 1.54) is 16.8 Å². The summed E-state index contributed by atoms with van der Waals surface area (Å²) in [5.74, 6) is 0.844. The summed E-state index contributed by atoms with van der Waals surface area (Å²) < 4.78 is 8.29. The molecule has 0 aliphatic heterocycles. The summed E-state index contributed by atoms with van der Waals surface area (Å²) in [6.45, 7) is 7.11. The van der Waals surface area contributed by atoms with Gasteiger partial charge in [-0.3, -0.25) is 4.68 Å². The molecule has 5 heteroatoms. The molecule has 1 heterocycles. The minimum atomic E-state index is 0.307. The lowest BCUT2D eigenvalue weighted by Gasteiger charge is -2.12. The van der Waals surface area contributed by atoms with Crippen LogP contribution in [0.2, 0.25) is 0 Å². The number of hydrogen-bond acceptors (Lipinski definition) is 3. The monoisotopic (exact) mass is 351 g/mol. The van der Waals surface area contributed by atoms with Gasteiger partial charge in [0.15, 0.2) is 0 Å². The number of aromatic nitrogens is 2. The van der Waals surface area contributed by atoms with Gasteiger partial charge in [-0.15, -0.1) is 0 Å². The first-order chi connectivity index (χ1) is 9.97. The van der Waals surface area contributed by atoms with Gasteiger partial charge in [0.1, 0.15) is 5.75 Å². The number of hydrogen-bond donors (Lipinski definition) is 1. The fourth-order valence-electron chi connectivity index (χ4n) is 2.62. The van der Waals surface area contributed by atoms with Gasteiger partial charge in [0, 0.05) is 17.3 Å². The fraction of sp³-hybridized carbons (Fsp3) is 0.438. The van der Waals surface area contributed by atoms with Crippen molar-refractivity contribution in [1.82, 2.24) is 15.1 Å². The third-order valence-corrected chi connectivity index (χ3v) is 4.47. The molecule has 0 fully saturated rings. The molecule has 0 saturated carbocycles. The van der Waals surface area contributed by atoms with Crippen molar-refractivity contribution in [3.63, 3.8) is 0 Å². The quantitative estimate of drug-likeness (QED) is 0.894. The number of methoxy groups -OCH3 is 1. The van der Waals surface area contributed by atoms with E-state index in [2.05, 4.69) is 63.9 Å². The number of ether oxygens (including phenoxy) is 1. The molecule has 0 spiro atoms. The molecule has 0 amide bonds. The smallest absolute Gasteiger partial charge is 0.133 e. The second-order valence-electron chi connectivity index (χ2n) is 5.22. The van der Waals surface area contributed by atoms with Gasteiger partial charge < -0.3 is 10.1 Å². The first-order valence-electron chi connectivity index (χ1n) is 7.01. The van der Waals surface area contributed by atoms with Crippen molar-refractivity contribution < 1.29 is 4.74 Å². The predicted octanol–water partition coefficient (Wildman–Crippen LogP) is 3.60. The summed E-state index contributed by atoms with van der Waals surface area (Å²) in [5.41, 5.74) is 4.77. The van der Waals surface area contributed by atoms with Crippen molar-refractivity contribution in [1.29, 1.82) is 0 Å². The number of nitrogens with zero attached hydrogens (tertiary/aromatic N) is 2. The zero-order valence-corrected chi connectivity index (χ0v) is 14.8. The number of aryl methyl sites for hydroxylation is 1. The van der Waals surface area contributed by atoms with Crippen LogP contribution >= 0.6 is 15.9 Å². The van der Waals surface area contributed by atoms with Gasteiger partial charge in [0.05, 0.1) is 23.8 Å². The molecule has 114 valence electrons. The van der Waals surface area contributed by atoms with E-state index in [9.17, 15) is 0 Å². The molecule has 1 N–H and O–H groups in total. The Morgan fingerprint density at radius 1 is 1.38 bits per heavy atom. The molecular formula is C16H22BrN3O. The van der Waals surface area contributed by atoms with Crippen LogP contribution in [-0.4, -0.2) is 23.9 Å². The molecule has 4 nitrogen and oxygen atoms in total. The lowest BCUT2D eigenvalue weighted by Crippen LogP contribution is -2.14. The Morgan fingerprint density at radius 2 is 2.10 bits per heavy atom. The minimum Gasteiger partial charge on any atom is -0.496 e. The van der Waals surface area contributed by atoms with Gasteiger partial charge in [-0.2, -0.15) is 5.10 Å². The largest absolute Gasteiger partial charge is 0.496 e. The first kappa shape index (κ1) is 16.0. The Balaban J connectivity index is 2.30. The van der Waals surface area contributed by atoms with Gasteiger partial charge in [-0.25, -0.2) is 0 Å². The number of benzene rings is 1. The summed E-state index contributed by atoms with van der Waals surface area (Å²) in [6, 6.07) is 6.43. The zero-order chi connectivity index (χ0) is 15.6. The maximum absolute atomic E-state index is 5.27. The van der Waals surface area contributed by atoms with E-state index >= 15 is 0 Å². The molecule has 0 saturated heterocycles. The molecule has 1 atom stereocenters. The Bertz CT molecular complexity index is 637. The second kappa shape index (κ2) is 6.62. The Labute approximate surface area is 134 Å². The summed E-state index contributed by atoms with van der Waals surface area (Å²) >= 11 is 3.53. The first-order valence-corrected chi connectivity index (χ1v) is 7.80. The van der Waals surface area contributed by atoms with Crippen LogP contribution in [-0.2, 0) is 6.54 Å². The molecule has 0 aliphatic carbocycles. The van der Waals surface area contributed by atoms with Crippen molar-refractivity contribution >= 4 is 15.9 Å². The minimum absolute atomic E-state index is 0.307. The molecule has 2 aromatic rings. The van der Waals surface area contributed by atoms with E-state index in [4.69, 9.17) is 4.74 Å². The molecule has 0 bridgehead atoms. The second-order valence-corrected chi connectivity index (χ2v) is 6.08.